The van der Waals surface area contributed by atoms with E-state index in [0.29, 0.717) is 16.3 Å². The quantitative estimate of drug-likeness (QED) is 0.586. The third-order valence-electron chi connectivity index (χ3n) is 3.51. The lowest BCUT2D eigenvalue weighted by Crippen LogP contribution is -1.86. The first-order valence-corrected chi connectivity index (χ1v) is 8.98. The van der Waals surface area contributed by atoms with Gasteiger partial charge >= 0.3 is 0 Å². The maximum absolute atomic E-state index is 9.67. The van der Waals surface area contributed by atoms with Crippen molar-refractivity contribution in [3.63, 3.8) is 0 Å². The van der Waals surface area contributed by atoms with Gasteiger partial charge in [-0.15, -0.1) is 11.3 Å². The van der Waals surface area contributed by atoms with Gasteiger partial charge in [0.2, 0.25) is 0 Å². The second-order valence-corrected chi connectivity index (χ2v) is 6.92. The molecule has 0 fully saturated rings. The Labute approximate surface area is 157 Å². The summed E-state index contributed by atoms with van der Waals surface area (Å²) < 4.78 is 6.10. The summed E-state index contributed by atoms with van der Waals surface area (Å²) in [5.41, 5.74) is 3.04. The predicted molar refractivity (Wildman–Crippen MR) is 103 cm³/mol. The van der Waals surface area contributed by atoms with E-state index in [1.807, 2.05) is 29.6 Å². The average Bonchev–Trinajstić information content (AvgIpc) is 3.11. The Morgan fingerprint density at radius 1 is 1.28 bits per heavy atom. The molecule has 2 aromatic carbocycles. The van der Waals surface area contributed by atoms with Crippen molar-refractivity contribution >= 4 is 38.9 Å². The molecule has 6 heteroatoms. The first-order chi connectivity index (χ1) is 12.1. The summed E-state index contributed by atoms with van der Waals surface area (Å²) in [7, 11) is 1.49. The van der Waals surface area contributed by atoms with Gasteiger partial charge in [0.1, 0.15) is 11.1 Å². The maximum Gasteiger partial charge on any atom is 0.161 e. The number of aromatic nitrogens is 1. The van der Waals surface area contributed by atoms with E-state index in [1.165, 1.54) is 24.5 Å². The fourth-order valence-electron chi connectivity index (χ4n) is 2.24. The summed E-state index contributed by atoms with van der Waals surface area (Å²) in [4.78, 5) is 4.57. The largest absolute Gasteiger partial charge is 0.504 e. The molecule has 4 nitrogen and oxygen atoms in total. The van der Waals surface area contributed by atoms with E-state index in [0.717, 1.165) is 21.3 Å². The molecule has 1 N–H and O–H groups in total. The third-order valence-corrected chi connectivity index (χ3v) is 4.91. The van der Waals surface area contributed by atoms with Gasteiger partial charge in [0.15, 0.2) is 11.5 Å². The van der Waals surface area contributed by atoms with Gasteiger partial charge in [-0.1, -0.05) is 34.1 Å². The Hall–Kier alpha value is -2.62. The van der Waals surface area contributed by atoms with Crippen LogP contribution in [0.4, 0.5) is 0 Å². The number of allylic oxidation sites excluding steroid dienone is 1. The highest BCUT2D eigenvalue weighted by Gasteiger charge is 2.10. The summed E-state index contributed by atoms with van der Waals surface area (Å²) in [6.07, 6.45) is 1.73. The normalized spacial score (nSPS) is 11.2. The van der Waals surface area contributed by atoms with Crippen molar-refractivity contribution in [3.05, 3.63) is 62.9 Å². The van der Waals surface area contributed by atoms with Gasteiger partial charge in [0.25, 0.3) is 0 Å². The second-order valence-electron chi connectivity index (χ2n) is 5.15. The van der Waals surface area contributed by atoms with Gasteiger partial charge < -0.3 is 9.84 Å². The molecule has 0 saturated carbocycles. The van der Waals surface area contributed by atoms with Crippen molar-refractivity contribution in [2.24, 2.45) is 0 Å². The monoisotopic (exact) mass is 412 g/mol. The van der Waals surface area contributed by atoms with Crippen LogP contribution in [-0.2, 0) is 0 Å². The molecule has 3 aromatic rings. The maximum atomic E-state index is 9.67. The molecule has 0 spiro atoms. The molecule has 0 unspecified atom stereocenters. The predicted octanol–water partition coefficient (Wildman–Crippen LogP) is 5.35. The lowest BCUT2D eigenvalue weighted by molar-refractivity contribution is 0.373. The van der Waals surface area contributed by atoms with Crippen LogP contribution in [0.3, 0.4) is 0 Å². The molecule has 0 radical (unpaired) electrons. The van der Waals surface area contributed by atoms with Crippen LogP contribution in [0.25, 0.3) is 22.9 Å². The Kier molecular flexibility index (Phi) is 5.17. The fraction of sp³-hybridized carbons (Fsp3) is 0.0526. The standard InChI is InChI=1S/C19H13BrN2O2S/c1-24-18-9-12(2-7-17(18)23)8-14(10-21)19-22-16(11-25-19)13-3-5-15(20)6-4-13/h2-9,11,23H,1H3. The molecular weight excluding hydrogens is 400 g/mol. The van der Waals surface area contributed by atoms with Crippen molar-refractivity contribution in [1.82, 2.24) is 4.98 Å². The molecule has 0 aliphatic carbocycles. The van der Waals surface area contributed by atoms with E-state index in [1.54, 1.807) is 18.2 Å². The summed E-state index contributed by atoms with van der Waals surface area (Å²) in [6.45, 7) is 0. The molecule has 0 amide bonds. The number of nitriles is 1. The molecule has 0 saturated heterocycles. The minimum Gasteiger partial charge on any atom is -0.504 e. The smallest absolute Gasteiger partial charge is 0.161 e. The van der Waals surface area contributed by atoms with Crippen molar-refractivity contribution < 1.29 is 9.84 Å². The Morgan fingerprint density at radius 3 is 2.72 bits per heavy atom. The average molecular weight is 413 g/mol. The van der Waals surface area contributed by atoms with Crippen molar-refractivity contribution in [3.8, 4) is 28.8 Å². The van der Waals surface area contributed by atoms with Crippen LogP contribution in [-0.4, -0.2) is 17.2 Å². The number of methoxy groups -OCH3 is 1. The van der Waals surface area contributed by atoms with Crippen LogP contribution in [0.15, 0.2) is 52.3 Å². The van der Waals surface area contributed by atoms with Gasteiger partial charge in [0, 0.05) is 15.4 Å². The van der Waals surface area contributed by atoms with Crippen LogP contribution in [0.1, 0.15) is 10.6 Å². The van der Waals surface area contributed by atoms with Gasteiger partial charge in [0.05, 0.1) is 18.4 Å². The van der Waals surface area contributed by atoms with Crippen molar-refractivity contribution in [1.29, 1.82) is 5.26 Å². The number of ether oxygens (including phenoxy) is 1. The van der Waals surface area contributed by atoms with E-state index in [9.17, 15) is 10.4 Å². The van der Waals surface area contributed by atoms with Gasteiger partial charge in [-0.3, -0.25) is 0 Å². The summed E-state index contributed by atoms with van der Waals surface area (Å²) in [5, 5.41) is 21.7. The zero-order chi connectivity index (χ0) is 17.8. The Bertz CT molecular complexity index is 972. The number of thiazole rings is 1. The third kappa shape index (κ3) is 3.90. The number of rotatable bonds is 4. The molecule has 124 valence electrons. The van der Waals surface area contributed by atoms with E-state index in [2.05, 4.69) is 27.0 Å². The second kappa shape index (κ2) is 7.51. The molecule has 0 aliphatic rings. The SMILES string of the molecule is COc1cc(C=C(C#N)c2nc(-c3ccc(Br)cc3)cs2)ccc1O. The minimum absolute atomic E-state index is 0.0601. The number of hydrogen-bond donors (Lipinski definition) is 1. The van der Waals surface area contributed by atoms with Gasteiger partial charge in [-0.05, 0) is 35.9 Å². The van der Waals surface area contributed by atoms with E-state index in [4.69, 9.17) is 4.74 Å². The lowest BCUT2D eigenvalue weighted by atomic mass is 10.1. The number of phenols is 1. The number of phenolic OH excluding ortho intramolecular Hbond substituents is 1. The highest BCUT2D eigenvalue weighted by Crippen LogP contribution is 2.30. The van der Waals surface area contributed by atoms with E-state index < -0.39 is 0 Å². The van der Waals surface area contributed by atoms with Gasteiger partial charge in [-0.2, -0.15) is 5.26 Å². The molecule has 1 heterocycles. The highest BCUT2D eigenvalue weighted by molar-refractivity contribution is 9.10. The molecule has 1 aromatic heterocycles. The van der Waals surface area contributed by atoms with Crippen molar-refractivity contribution in [2.45, 2.75) is 0 Å². The van der Waals surface area contributed by atoms with Crippen LogP contribution in [0, 0.1) is 11.3 Å². The van der Waals surface area contributed by atoms with Crippen LogP contribution in [0.5, 0.6) is 11.5 Å². The summed E-state index contributed by atoms with van der Waals surface area (Å²) in [5.74, 6) is 0.422. The number of benzene rings is 2. The van der Waals surface area contributed by atoms with Crippen LogP contribution < -0.4 is 4.74 Å². The van der Waals surface area contributed by atoms with E-state index in [-0.39, 0.29) is 5.75 Å². The molecule has 25 heavy (non-hydrogen) atoms. The fourth-order valence-corrected chi connectivity index (χ4v) is 3.30. The van der Waals surface area contributed by atoms with E-state index >= 15 is 0 Å². The Balaban J connectivity index is 1.94. The molecule has 0 bridgehead atoms. The molecular formula is C19H13BrN2O2S. The highest BCUT2D eigenvalue weighted by atomic mass is 79.9. The van der Waals surface area contributed by atoms with Crippen LogP contribution >= 0.6 is 27.3 Å². The molecule has 3 rings (SSSR count). The first kappa shape index (κ1) is 17.2. The van der Waals surface area contributed by atoms with Crippen LogP contribution in [0.2, 0.25) is 0 Å². The summed E-state index contributed by atoms with van der Waals surface area (Å²) in [6, 6.07) is 15.0. The Morgan fingerprint density at radius 2 is 2.04 bits per heavy atom. The first-order valence-electron chi connectivity index (χ1n) is 7.31. The number of hydrogen-bond acceptors (Lipinski definition) is 5. The van der Waals surface area contributed by atoms with Gasteiger partial charge in [-0.25, -0.2) is 4.98 Å². The zero-order valence-corrected chi connectivity index (χ0v) is 15.6. The minimum atomic E-state index is 0.0601. The topological polar surface area (TPSA) is 66.1 Å². The summed E-state index contributed by atoms with van der Waals surface area (Å²) >= 11 is 4.83. The number of aromatic hydroxyl groups is 1. The number of halogens is 1. The zero-order valence-electron chi connectivity index (χ0n) is 13.2. The number of nitrogens with zero attached hydrogens (tertiary/aromatic N) is 2. The lowest BCUT2D eigenvalue weighted by Gasteiger charge is -2.04. The van der Waals surface area contributed by atoms with Crippen molar-refractivity contribution in [2.75, 3.05) is 7.11 Å². The molecule has 0 aliphatic heterocycles. The molecule has 0 atom stereocenters.